The van der Waals surface area contributed by atoms with Gasteiger partial charge < -0.3 is 0 Å². The molecule has 5 heteroatoms. The number of nitrogens with zero attached hydrogens (tertiary/aromatic N) is 4. The fourth-order valence-corrected chi connectivity index (χ4v) is 4.99. The minimum absolute atomic E-state index is 0.254. The van der Waals surface area contributed by atoms with Gasteiger partial charge in [-0.05, 0) is 16.7 Å². The highest BCUT2D eigenvalue weighted by Gasteiger charge is 2.15. The Morgan fingerprint density at radius 3 is 1.41 bits per heavy atom. The first-order chi connectivity index (χ1) is 20.2. The second-order valence-corrected chi connectivity index (χ2v) is 10.2. The third-order valence-corrected chi connectivity index (χ3v) is 7.39. The Balaban J connectivity index is 1.09. The van der Waals surface area contributed by atoms with Crippen LogP contribution < -0.4 is 18.3 Å². The Morgan fingerprint density at radius 2 is 0.927 bits per heavy atom. The van der Waals surface area contributed by atoms with Crippen LogP contribution in [0.3, 0.4) is 0 Å². The first-order valence-electron chi connectivity index (χ1n) is 14.0. The third-order valence-electron chi connectivity index (χ3n) is 7.39. The van der Waals surface area contributed by atoms with Crippen molar-refractivity contribution in [1.82, 2.24) is 0 Å². The van der Waals surface area contributed by atoms with Crippen LogP contribution in [0.4, 0.5) is 4.39 Å². The van der Waals surface area contributed by atoms with Crippen LogP contribution in [0.25, 0.3) is 22.5 Å². The molecule has 0 bridgehead atoms. The molecule has 4 heterocycles. The van der Waals surface area contributed by atoms with E-state index in [0.717, 1.165) is 42.9 Å². The molecule has 4 aromatic heterocycles. The summed E-state index contributed by atoms with van der Waals surface area (Å²) >= 11 is 0. The molecule has 41 heavy (non-hydrogen) atoms. The molecule has 6 aromatic rings. The number of aromatic nitrogens is 4. The van der Waals surface area contributed by atoms with Crippen molar-refractivity contribution in [3.63, 3.8) is 0 Å². The minimum Gasteiger partial charge on any atom is -0.205 e. The molecule has 0 saturated carbocycles. The van der Waals surface area contributed by atoms with Crippen LogP contribution in [0, 0.1) is 5.82 Å². The van der Waals surface area contributed by atoms with E-state index >= 15 is 4.39 Å². The van der Waals surface area contributed by atoms with Crippen LogP contribution in [0.2, 0.25) is 0 Å². The second kappa shape index (κ2) is 12.4. The molecule has 4 nitrogen and oxygen atoms in total. The van der Waals surface area contributed by atoms with E-state index in [1.54, 1.807) is 6.20 Å². The van der Waals surface area contributed by atoms with Crippen LogP contribution >= 0.6 is 0 Å². The average molecular weight is 541 g/mol. The maximum Gasteiger partial charge on any atom is 0.211 e. The molecule has 0 unspecified atom stereocenters. The highest BCUT2D eigenvalue weighted by molar-refractivity contribution is 5.62. The lowest BCUT2D eigenvalue weighted by atomic mass is 10.1. The number of benzene rings is 2. The quantitative estimate of drug-likeness (QED) is 0.227. The molecule has 0 radical (unpaired) electrons. The lowest BCUT2D eigenvalue weighted by Crippen LogP contribution is -2.33. The highest BCUT2D eigenvalue weighted by Crippen LogP contribution is 2.21. The molecule has 0 aliphatic heterocycles. The van der Waals surface area contributed by atoms with Crippen LogP contribution in [0.1, 0.15) is 11.1 Å². The predicted octanol–water partition coefficient (Wildman–Crippen LogP) is 5.11. The largest absolute Gasteiger partial charge is 0.211 e. The van der Waals surface area contributed by atoms with Crippen molar-refractivity contribution in [1.29, 1.82) is 0 Å². The topological polar surface area (TPSA) is 15.5 Å². The zero-order valence-electron chi connectivity index (χ0n) is 22.9. The van der Waals surface area contributed by atoms with Crippen molar-refractivity contribution in [3.8, 4) is 22.5 Å². The lowest BCUT2D eigenvalue weighted by molar-refractivity contribution is -0.696. The summed E-state index contributed by atoms with van der Waals surface area (Å²) in [5.74, 6) is -0.254. The van der Waals surface area contributed by atoms with E-state index in [2.05, 4.69) is 87.0 Å². The summed E-state index contributed by atoms with van der Waals surface area (Å²) in [5, 5.41) is 0. The fraction of sp³-hybridized carbons (Fsp3) is 0.111. The van der Waals surface area contributed by atoms with E-state index in [-0.39, 0.29) is 5.82 Å². The molecule has 0 atom stereocenters. The highest BCUT2D eigenvalue weighted by atomic mass is 19.1. The first-order valence-corrected chi connectivity index (χ1v) is 14.0. The van der Waals surface area contributed by atoms with Crippen molar-refractivity contribution in [2.24, 2.45) is 0 Å². The SMILES string of the molecule is Fc1c[n+](-c2ccc(CC[n+]3ccccc3)cc2)ccc1-c1cc[n+](-c2ccc(CC[n+]3ccccc3)cc2)cc1. The monoisotopic (exact) mass is 540 g/mol. The van der Waals surface area contributed by atoms with Gasteiger partial charge in [0.05, 0.1) is 0 Å². The second-order valence-electron chi connectivity index (χ2n) is 10.2. The van der Waals surface area contributed by atoms with Gasteiger partial charge in [0.2, 0.25) is 17.6 Å². The molecular weight excluding hydrogens is 507 g/mol. The van der Waals surface area contributed by atoms with Gasteiger partial charge in [-0.1, -0.05) is 36.4 Å². The zero-order chi connectivity index (χ0) is 27.9. The number of hydrogen-bond acceptors (Lipinski definition) is 0. The van der Waals surface area contributed by atoms with E-state index in [0.29, 0.717) is 5.56 Å². The number of aryl methyl sites for hydroxylation is 4. The summed E-state index contributed by atoms with van der Waals surface area (Å²) in [6, 6.07) is 34.9. The zero-order valence-corrected chi connectivity index (χ0v) is 22.9. The number of halogens is 1. The van der Waals surface area contributed by atoms with Crippen molar-refractivity contribution >= 4 is 0 Å². The summed E-state index contributed by atoms with van der Waals surface area (Å²) in [5.41, 5.74) is 5.98. The molecule has 200 valence electrons. The standard InChI is InChI=1S/C36H33FN4/c37-36-29-41(34-13-9-31(10-14-34)16-25-39-22-5-2-6-23-39)28-19-35(36)32-17-26-40(27-18-32)33-11-7-30(8-12-33)15-24-38-20-3-1-4-21-38/h1-14,17-23,26-29H,15-16,24-25H2/q+4. The Bertz CT molecular complexity index is 1700. The fourth-order valence-electron chi connectivity index (χ4n) is 4.99. The van der Waals surface area contributed by atoms with Gasteiger partial charge in [-0.15, -0.1) is 0 Å². The van der Waals surface area contributed by atoms with Crippen molar-refractivity contribution in [2.45, 2.75) is 25.9 Å². The normalized spacial score (nSPS) is 11.0. The molecule has 0 aliphatic carbocycles. The molecule has 6 rings (SSSR count). The first kappa shape index (κ1) is 26.2. The molecule has 0 saturated heterocycles. The van der Waals surface area contributed by atoms with E-state index in [1.165, 1.54) is 11.1 Å². The van der Waals surface area contributed by atoms with E-state index in [4.69, 9.17) is 0 Å². The molecule has 2 aromatic carbocycles. The Labute approximate surface area is 240 Å². The van der Waals surface area contributed by atoms with Crippen LogP contribution in [-0.4, -0.2) is 0 Å². The molecule has 0 amide bonds. The summed E-state index contributed by atoms with van der Waals surface area (Å²) in [6.07, 6.45) is 17.7. The third kappa shape index (κ3) is 6.59. The summed E-state index contributed by atoms with van der Waals surface area (Å²) < 4.78 is 23.5. The summed E-state index contributed by atoms with van der Waals surface area (Å²) in [4.78, 5) is 0. The molecule has 0 spiro atoms. The van der Waals surface area contributed by atoms with Gasteiger partial charge in [-0.25, -0.2) is 9.13 Å². The Hall–Kier alpha value is -5.03. The van der Waals surface area contributed by atoms with Crippen molar-refractivity contribution in [3.05, 3.63) is 170 Å². The lowest BCUT2D eigenvalue weighted by Gasteiger charge is -2.04. The minimum atomic E-state index is -0.254. The average Bonchev–Trinajstić information content (AvgIpc) is 3.04. The maximum absolute atomic E-state index is 15.2. The van der Waals surface area contributed by atoms with Gasteiger partial charge in [0.25, 0.3) is 0 Å². The smallest absolute Gasteiger partial charge is 0.205 e. The molecule has 0 N–H and O–H groups in total. The Kier molecular flexibility index (Phi) is 7.95. The summed E-state index contributed by atoms with van der Waals surface area (Å²) in [6.45, 7) is 1.87. The van der Waals surface area contributed by atoms with Gasteiger partial charge >= 0.3 is 0 Å². The van der Waals surface area contributed by atoms with Gasteiger partial charge in [0.15, 0.2) is 62.3 Å². The van der Waals surface area contributed by atoms with Crippen LogP contribution in [0.5, 0.6) is 0 Å². The van der Waals surface area contributed by atoms with Crippen molar-refractivity contribution < 1.29 is 22.7 Å². The van der Waals surface area contributed by atoms with Gasteiger partial charge in [-0.3, -0.25) is 0 Å². The van der Waals surface area contributed by atoms with E-state index in [1.807, 2.05) is 77.8 Å². The molecular formula is C36H33FN4+4. The Morgan fingerprint density at radius 1 is 0.463 bits per heavy atom. The number of hydrogen-bond donors (Lipinski definition) is 0. The van der Waals surface area contributed by atoms with Gasteiger partial charge in [-0.2, -0.15) is 13.5 Å². The van der Waals surface area contributed by atoms with Crippen molar-refractivity contribution in [2.75, 3.05) is 0 Å². The van der Waals surface area contributed by atoms with Gasteiger partial charge in [0.1, 0.15) is 0 Å². The van der Waals surface area contributed by atoms with Gasteiger partial charge in [0, 0.05) is 85.1 Å². The van der Waals surface area contributed by atoms with Crippen LogP contribution in [0.15, 0.2) is 153 Å². The predicted molar refractivity (Wildman–Crippen MR) is 156 cm³/mol. The van der Waals surface area contributed by atoms with E-state index < -0.39 is 0 Å². The molecule has 0 aliphatic rings. The molecule has 0 fully saturated rings. The number of pyridine rings is 4. The number of rotatable bonds is 9. The maximum atomic E-state index is 15.2. The van der Waals surface area contributed by atoms with Crippen LogP contribution in [-0.2, 0) is 25.9 Å². The summed E-state index contributed by atoms with van der Waals surface area (Å²) in [7, 11) is 0. The van der Waals surface area contributed by atoms with E-state index in [9.17, 15) is 0 Å².